The van der Waals surface area contributed by atoms with Gasteiger partial charge in [-0.05, 0) is 48.0 Å². The fraction of sp³-hybridized carbons (Fsp3) is 0.0625. The molecule has 22 heavy (non-hydrogen) atoms. The van der Waals surface area contributed by atoms with Crippen LogP contribution >= 0.6 is 28.6 Å². The van der Waals surface area contributed by atoms with Gasteiger partial charge in [0.2, 0.25) is 0 Å². The molecule has 0 heterocycles. The third-order valence-corrected chi connectivity index (χ3v) is 3.05. The van der Waals surface area contributed by atoms with Gasteiger partial charge >= 0.3 is 6.18 Å². The lowest BCUT2D eigenvalue weighted by atomic mass is 10.1. The number of rotatable bonds is 3. The van der Waals surface area contributed by atoms with E-state index in [0.717, 1.165) is 12.1 Å². The van der Waals surface area contributed by atoms with Gasteiger partial charge in [0, 0.05) is 10.6 Å². The monoisotopic (exact) mass is 390 g/mol. The average molecular weight is 392 g/mol. The highest BCUT2D eigenvalue weighted by Crippen LogP contribution is 2.29. The summed E-state index contributed by atoms with van der Waals surface area (Å²) in [7, 11) is 0. The van der Waals surface area contributed by atoms with Gasteiger partial charge in [0.05, 0.1) is 5.56 Å². The van der Waals surface area contributed by atoms with Gasteiger partial charge in [0.15, 0.2) is 5.78 Å². The number of allylic oxidation sites excluding steroid dienone is 1. The molecule has 0 aliphatic carbocycles. The fourth-order valence-corrected chi connectivity index (χ4v) is 1.79. The number of halogens is 5. The van der Waals surface area contributed by atoms with E-state index in [4.69, 9.17) is 11.6 Å². The second-order valence-corrected chi connectivity index (χ2v) is 4.76. The summed E-state index contributed by atoms with van der Waals surface area (Å²) in [4.78, 5) is 11.8. The number of hydrogen-bond acceptors (Lipinski definition) is 1. The number of carbonyl (C=O) groups is 1. The maximum atomic E-state index is 12.4. The molecule has 0 aliphatic rings. The van der Waals surface area contributed by atoms with Crippen LogP contribution in [0.4, 0.5) is 13.2 Å². The van der Waals surface area contributed by atoms with Crippen molar-refractivity contribution in [1.82, 2.24) is 0 Å². The Bertz CT molecular complexity index is 661. The molecular weight excluding hydrogens is 381 g/mol. The van der Waals surface area contributed by atoms with E-state index in [-0.39, 0.29) is 22.8 Å². The Morgan fingerprint density at radius 2 is 1.50 bits per heavy atom. The van der Waals surface area contributed by atoms with E-state index in [1.807, 2.05) is 0 Å². The fourth-order valence-electron chi connectivity index (χ4n) is 1.67. The zero-order valence-electron chi connectivity index (χ0n) is 11.1. The van der Waals surface area contributed by atoms with Crippen molar-refractivity contribution in [3.05, 3.63) is 76.3 Å². The highest BCUT2D eigenvalue weighted by molar-refractivity contribution is 8.93. The van der Waals surface area contributed by atoms with Gasteiger partial charge in [-0.3, -0.25) is 4.79 Å². The Hall–Kier alpha value is -1.59. The van der Waals surface area contributed by atoms with Crippen molar-refractivity contribution in [2.75, 3.05) is 0 Å². The minimum Gasteiger partial charge on any atom is -0.289 e. The van der Waals surface area contributed by atoms with Crippen LogP contribution in [0.3, 0.4) is 0 Å². The summed E-state index contributed by atoms with van der Waals surface area (Å²) in [6, 6.07) is 11.0. The molecule has 0 unspecified atom stereocenters. The van der Waals surface area contributed by atoms with Gasteiger partial charge in [-0.15, -0.1) is 17.0 Å². The van der Waals surface area contributed by atoms with Crippen molar-refractivity contribution < 1.29 is 18.0 Å². The second kappa shape index (κ2) is 7.61. The third-order valence-electron chi connectivity index (χ3n) is 2.79. The molecule has 0 bridgehead atoms. The molecule has 0 saturated heterocycles. The summed E-state index contributed by atoms with van der Waals surface area (Å²) < 4.78 is 37.2. The highest BCUT2D eigenvalue weighted by atomic mass is 79.9. The van der Waals surface area contributed by atoms with Crippen molar-refractivity contribution in [3.63, 3.8) is 0 Å². The maximum absolute atomic E-state index is 12.4. The van der Waals surface area contributed by atoms with E-state index in [2.05, 4.69) is 0 Å². The predicted molar refractivity (Wildman–Crippen MR) is 86.6 cm³/mol. The SMILES string of the molecule is Br.O=C(C=Cc1ccc(C(F)(F)F)cc1)c1ccc(Cl)cc1. The molecule has 0 spiro atoms. The molecule has 0 fully saturated rings. The van der Waals surface area contributed by atoms with Crippen molar-refractivity contribution in [2.45, 2.75) is 6.18 Å². The normalized spacial score (nSPS) is 11.3. The third kappa shape index (κ3) is 5.00. The molecule has 0 aromatic heterocycles. The van der Waals surface area contributed by atoms with E-state index in [1.54, 1.807) is 24.3 Å². The molecule has 2 aromatic carbocycles. The van der Waals surface area contributed by atoms with Crippen LogP contribution in [-0.2, 0) is 6.18 Å². The van der Waals surface area contributed by atoms with Crippen LogP contribution in [-0.4, -0.2) is 5.78 Å². The molecule has 1 nitrogen and oxygen atoms in total. The first-order chi connectivity index (χ1) is 9.86. The van der Waals surface area contributed by atoms with Crippen LogP contribution < -0.4 is 0 Å². The van der Waals surface area contributed by atoms with E-state index >= 15 is 0 Å². The van der Waals surface area contributed by atoms with Gasteiger partial charge in [-0.25, -0.2) is 0 Å². The van der Waals surface area contributed by atoms with Crippen LogP contribution in [0.1, 0.15) is 21.5 Å². The van der Waals surface area contributed by atoms with E-state index < -0.39 is 11.7 Å². The molecule has 0 amide bonds. The Balaban J connectivity index is 0.00000242. The van der Waals surface area contributed by atoms with Gasteiger partial charge in [-0.1, -0.05) is 29.8 Å². The van der Waals surface area contributed by atoms with Crippen molar-refractivity contribution in [2.24, 2.45) is 0 Å². The second-order valence-electron chi connectivity index (χ2n) is 4.32. The molecule has 2 rings (SSSR count). The van der Waals surface area contributed by atoms with E-state index in [9.17, 15) is 18.0 Å². The number of benzene rings is 2. The molecule has 0 saturated carbocycles. The lowest BCUT2D eigenvalue weighted by Crippen LogP contribution is -2.04. The largest absolute Gasteiger partial charge is 0.416 e. The van der Waals surface area contributed by atoms with Crippen LogP contribution in [0.2, 0.25) is 5.02 Å². The van der Waals surface area contributed by atoms with E-state index in [1.165, 1.54) is 24.3 Å². The van der Waals surface area contributed by atoms with Crippen LogP contribution in [0.25, 0.3) is 6.08 Å². The Morgan fingerprint density at radius 3 is 2.00 bits per heavy atom. The lowest BCUT2D eigenvalue weighted by Gasteiger charge is -2.05. The molecule has 0 radical (unpaired) electrons. The minimum atomic E-state index is -4.36. The number of hydrogen-bond donors (Lipinski definition) is 0. The molecular formula is C16H11BrClF3O. The summed E-state index contributed by atoms with van der Waals surface area (Å²) >= 11 is 5.72. The quantitative estimate of drug-likeness (QED) is 0.475. The summed E-state index contributed by atoms with van der Waals surface area (Å²) in [6.07, 6.45) is -1.58. The Morgan fingerprint density at radius 1 is 0.955 bits per heavy atom. The first kappa shape index (κ1) is 18.5. The van der Waals surface area contributed by atoms with E-state index in [0.29, 0.717) is 16.1 Å². The molecule has 116 valence electrons. The summed E-state index contributed by atoms with van der Waals surface area (Å²) in [5.41, 5.74) is 0.261. The van der Waals surface area contributed by atoms with Gasteiger partial charge < -0.3 is 0 Å². The average Bonchev–Trinajstić information content (AvgIpc) is 2.45. The highest BCUT2D eigenvalue weighted by Gasteiger charge is 2.29. The summed E-state index contributed by atoms with van der Waals surface area (Å²) in [6.45, 7) is 0. The van der Waals surface area contributed by atoms with Crippen LogP contribution in [0, 0.1) is 0 Å². The Kier molecular flexibility index (Phi) is 6.38. The van der Waals surface area contributed by atoms with Crippen molar-refractivity contribution in [3.8, 4) is 0 Å². The molecule has 0 aliphatic heterocycles. The van der Waals surface area contributed by atoms with Crippen LogP contribution in [0.15, 0.2) is 54.6 Å². The lowest BCUT2D eigenvalue weighted by molar-refractivity contribution is -0.137. The first-order valence-electron chi connectivity index (χ1n) is 6.01. The van der Waals surface area contributed by atoms with Gasteiger partial charge in [0.1, 0.15) is 0 Å². The minimum absolute atomic E-state index is 0. The zero-order chi connectivity index (χ0) is 15.5. The van der Waals surface area contributed by atoms with Gasteiger partial charge in [0.25, 0.3) is 0 Å². The maximum Gasteiger partial charge on any atom is 0.416 e. The Labute approximate surface area is 141 Å². The number of alkyl halides is 3. The van der Waals surface area contributed by atoms with Crippen molar-refractivity contribution in [1.29, 1.82) is 0 Å². The number of ketones is 1. The standard InChI is InChI=1S/C16H10ClF3O.BrH/c17-14-8-4-12(5-9-14)15(21)10-3-11-1-6-13(7-2-11)16(18,19)20;/h1-10H;1H. The van der Waals surface area contributed by atoms with Crippen molar-refractivity contribution >= 4 is 40.4 Å². The van der Waals surface area contributed by atoms with Gasteiger partial charge in [-0.2, -0.15) is 13.2 Å². The molecule has 0 atom stereocenters. The zero-order valence-corrected chi connectivity index (χ0v) is 13.6. The topological polar surface area (TPSA) is 17.1 Å². The summed E-state index contributed by atoms with van der Waals surface area (Å²) in [5, 5.41) is 0.526. The van der Waals surface area contributed by atoms with Crippen LogP contribution in [0.5, 0.6) is 0 Å². The molecule has 2 aromatic rings. The first-order valence-corrected chi connectivity index (χ1v) is 6.39. The molecule has 6 heteroatoms. The predicted octanol–water partition coefficient (Wildman–Crippen LogP) is 5.83. The summed E-state index contributed by atoms with van der Waals surface area (Å²) in [5.74, 6) is -0.244. The molecule has 0 N–H and O–H groups in total. The number of carbonyl (C=O) groups excluding carboxylic acids is 1. The smallest absolute Gasteiger partial charge is 0.289 e.